The third-order valence-corrected chi connectivity index (χ3v) is 7.55. The molecule has 0 spiro atoms. The van der Waals surface area contributed by atoms with Gasteiger partial charge in [0.1, 0.15) is 6.61 Å². The number of amides is 3. The summed E-state index contributed by atoms with van der Waals surface area (Å²) in [5.74, 6) is -0.0480. The van der Waals surface area contributed by atoms with Crippen molar-refractivity contribution in [3.05, 3.63) is 56.7 Å². The second-order valence-corrected chi connectivity index (χ2v) is 10.9. The minimum atomic E-state index is -0.328. The molecule has 0 radical (unpaired) electrons. The molecule has 11 heteroatoms. The van der Waals surface area contributed by atoms with E-state index in [0.29, 0.717) is 33.7 Å². The number of rotatable bonds is 10. The summed E-state index contributed by atoms with van der Waals surface area (Å²) in [6, 6.07) is 5.42. The Morgan fingerprint density at radius 1 is 1.17 bits per heavy atom. The highest BCUT2D eigenvalue weighted by atomic mass is 35.5. The molecule has 1 aromatic rings. The summed E-state index contributed by atoms with van der Waals surface area (Å²) in [7, 11) is 1.51. The van der Waals surface area contributed by atoms with E-state index in [1.54, 1.807) is 18.2 Å². The van der Waals surface area contributed by atoms with Crippen molar-refractivity contribution in [3.63, 3.8) is 0 Å². The molecule has 1 aliphatic heterocycles. The molecule has 2 unspecified atom stereocenters. The Morgan fingerprint density at radius 2 is 1.92 bits per heavy atom. The molecule has 3 rings (SSSR count). The zero-order valence-corrected chi connectivity index (χ0v) is 23.2. The number of hydrogen-bond donors (Lipinski definition) is 3. The monoisotopic (exact) mass is 576 g/mol. The van der Waals surface area contributed by atoms with Crippen molar-refractivity contribution < 1.29 is 14.3 Å². The van der Waals surface area contributed by atoms with Crippen LogP contribution >= 0.6 is 46.4 Å². The Morgan fingerprint density at radius 3 is 2.58 bits per heavy atom. The third-order valence-electron chi connectivity index (χ3n) is 6.27. The van der Waals surface area contributed by atoms with E-state index >= 15 is 0 Å². The fourth-order valence-corrected chi connectivity index (χ4v) is 5.35. The SMILES string of the molecule is COCC(=O)NC1CCN(CCC(CNC(=O)NC2=CC(Cl)CC(Cl)=C2)c2ccc(Cl)c(Cl)c2)CC1. The maximum atomic E-state index is 12.6. The van der Waals surface area contributed by atoms with Crippen LogP contribution in [0.1, 0.15) is 37.2 Å². The topological polar surface area (TPSA) is 82.7 Å². The van der Waals surface area contributed by atoms with Crippen molar-refractivity contribution in [1.29, 1.82) is 0 Å². The smallest absolute Gasteiger partial charge is 0.319 e. The van der Waals surface area contributed by atoms with Crippen LogP contribution in [0.5, 0.6) is 0 Å². The van der Waals surface area contributed by atoms with E-state index in [1.807, 2.05) is 12.1 Å². The average Bonchev–Trinajstić information content (AvgIpc) is 2.81. The molecule has 2 aliphatic rings. The fraction of sp³-hybridized carbons (Fsp3) is 0.520. The van der Waals surface area contributed by atoms with E-state index in [-0.39, 0.29) is 35.9 Å². The quantitative estimate of drug-likeness (QED) is 0.341. The predicted molar refractivity (Wildman–Crippen MR) is 146 cm³/mol. The number of likely N-dealkylation sites (tertiary alicyclic amines) is 1. The number of nitrogens with zero attached hydrogens (tertiary/aromatic N) is 1. The molecular weight excluding hydrogens is 546 g/mol. The lowest BCUT2D eigenvalue weighted by Gasteiger charge is -2.33. The Hall–Kier alpha value is -1.48. The Balaban J connectivity index is 1.55. The van der Waals surface area contributed by atoms with Gasteiger partial charge in [0.05, 0.1) is 15.4 Å². The van der Waals surface area contributed by atoms with Gasteiger partial charge in [-0.05, 0) is 55.7 Å². The van der Waals surface area contributed by atoms with Crippen molar-refractivity contribution in [2.45, 2.75) is 43.0 Å². The number of hydrogen-bond acceptors (Lipinski definition) is 4. The van der Waals surface area contributed by atoms with Gasteiger partial charge < -0.3 is 25.6 Å². The van der Waals surface area contributed by atoms with Crippen molar-refractivity contribution >= 4 is 58.3 Å². The summed E-state index contributed by atoms with van der Waals surface area (Å²) < 4.78 is 4.89. The van der Waals surface area contributed by atoms with Crippen LogP contribution in [0.4, 0.5) is 4.79 Å². The Bertz CT molecular complexity index is 980. The fourth-order valence-electron chi connectivity index (χ4n) is 4.38. The van der Waals surface area contributed by atoms with E-state index in [2.05, 4.69) is 20.9 Å². The molecule has 3 N–H and O–H groups in total. The number of nitrogens with one attached hydrogen (secondary N) is 3. The van der Waals surface area contributed by atoms with Gasteiger partial charge in [0.2, 0.25) is 5.91 Å². The van der Waals surface area contributed by atoms with Crippen LogP contribution < -0.4 is 16.0 Å². The highest BCUT2D eigenvalue weighted by Gasteiger charge is 2.22. The lowest BCUT2D eigenvalue weighted by Crippen LogP contribution is -2.46. The van der Waals surface area contributed by atoms with Crippen LogP contribution in [0.15, 0.2) is 41.1 Å². The van der Waals surface area contributed by atoms with E-state index in [9.17, 15) is 9.59 Å². The Labute approximate surface area is 232 Å². The molecule has 0 saturated carbocycles. The molecule has 36 heavy (non-hydrogen) atoms. The molecule has 198 valence electrons. The first-order valence-electron chi connectivity index (χ1n) is 12.0. The molecule has 1 saturated heterocycles. The summed E-state index contributed by atoms with van der Waals surface area (Å²) in [6.07, 6.45) is 6.62. The van der Waals surface area contributed by atoms with Gasteiger partial charge in [-0.3, -0.25) is 4.79 Å². The summed E-state index contributed by atoms with van der Waals surface area (Å²) in [5.41, 5.74) is 1.59. The number of carbonyl (C=O) groups excluding carboxylic acids is 2. The maximum absolute atomic E-state index is 12.6. The molecule has 1 heterocycles. The first-order valence-corrected chi connectivity index (χ1v) is 13.5. The number of urea groups is 1. The van der Waals surface area contributed by atoms with Crippen molar-refractivity contribution in [2.75, 3.05) is 39.9 Å². The normalized spacial score (nSPS) is 19.8. The van der Waals surface area contributed by atoms with E-state index < -0.39 is 0 Å². The van der Waals surface area contributed by atoms with Gasteiger partial charge in [0.15, 0.2) is 0 Å². The lowest BCUT2D eigenvalue weighted by molar-refractivity contribution is -0.125. The van der Waals surface area contributed by atoms with Crippen LogP contribution in [-0.2, 0) is 9.53 Å². The molecule has 3 amide bonds. The maximum Gasteiger partial charge on any atom is 0.319 e. The van der Waals surface area contributed by atoms with E-state index in [0.717, 1.165) is 44.5 Å². The number of alkyl halides is 1. The van der Waals surface area contributed by atoms with Crippen molar-refractivity contribution in [2.24, 2.45) is 0 Å². The number of allylic oxidation sites excluding steroid dienone is 3. The zero-order chi connectivity index (χ0) is 26.1. The molecule has 1 aliphatic carbocycles. The Kier molecular flexibility index (Phi) is 11.7. The van der Waals surface area contributed by atoms with Crippen LogP contribution in [0.25, 0.3) is 0 Å². The van der Waals surface area contributed by atoms with Gasteiger partial charge in [-0.1, -0.05) is 40.9 Å². The molecular formula is C25H32Cl4N4O3. The zero-order valence-electron chi connectivity index (χ0n) is 20.2. The minimum Gasteiger partial charge on any atom is -0.375 e. The minimum absolute atomic E-state index is 0.0323. The molecule has 0 aromatic heterocycles. The number of ether oxygens (including phenoxy) is 1. The van der Waals surface area contributed by atoms with Crippen LogP contribution in [0.2, 0.25) is 10.0 Å². The lowest BCUT2D eigenvalue weighted by atomic mass is 9.94. The number of benzene rings is 1. The largest absolute Gasteiger partial charge is 0.375 e. The number of piperidine rings is 1. The van der Waals surface area contributed by atoms with Crippen LogP contribution in [0, 0.1) is 0 Å². The van der Waals surface area contributed by atoms with Gasteiger partial charge in [-0.25, -0.2) is 4.79 Å². The van der Waals surface area contributed by atoms with Crippen molar-refractivity contribution in [1.82, 2.24) is 20.9 Å². The number of carbonyl (C=O) groups is 2. The first kappa shape index (κ1) is 29.1. The molecule has 1 aromatic carbocycles. The first-order chi connectivity index (χ1) is 17.2. The molecule has 1 fully saturated rings. The van der Waals surface area contributed by atoms with Gasteiger partial charge in [0, 0.05) is 55.9 Å². The molecule has 2 atom stereocenters. The number of methoxy groups -OCH3 is 1. The van der Waals surface area contributed by atoms with Crippen LogP contribution in [0.3, 0.4) is 0 Å². The second kappa shape index (κ2) is 14.5. The standard InChI is InChI=1S/C25H32Cl4N4O3/c1-36-15-24(34)31-20-5-8-33(9-6-20)7-4-17(16-2-3-22(28)23(29)10-16)14-30-25(35)32-21-12-18(26)11-19(27)13-21/h2-3,10,12-13,17-18,20H,4-9,11,14-15H2,1H3,(H,31,34)(H2,30,32,35). The van der Waals surface area contributed by atoms with Gasteiger partial charge in [-0.15, -0.1) is 11.6 Å². The highest BCUT2D eigenvalue weighted by molar-refractivity contribution is 6.42. The summed E-state index contributed by atoms with van der Waals surface area (Å²) in [4.78, 5) is 26.7. The van der Waals surface area contributed by atoms with Crippen LogP contribution in [-0.4, -0.2) is 68.2 Å². The van der Waals surface area contributed by atoms with Gasteiger partial charge in [-0.2, -0.15) is 0 Å². The predicted octanol–water partition coefficient (Wildman–Crippen LogP) is 5.01. The van der Waals surface area contributed by atoms with Crippen molar-refractivity contribution in [3.8, 4) is 0 Å². The van der Waals surface area contributed by atoms with Gasteiger partial charge in [0.25, 0.3) is 0 Å². The molecule has 0 bridgehead atoms. The van der Waals surface area contributed by atoms with E-state index in [1.165, 1.54) is 7.11 Å². The summed E-state index contributed by atoms with van der Waals surface area (Å²) >= 11 is 24.7. The third kappa shape index (κ3) is 9.43. The average molecular weight is 578 g/mol. The van der Waals surface area contributed by atoms with Gasteiger partial charge >= 0.3 is 6.03 Å². The second-order valence-electron chi connectivity index (χ2n) is 9.04. The number of halogens is 4. The summed E-state index contributed by atoms with van der Waals surface area (Å²) in [6.45, 7) is 3.13. The summed E-state index contributed by atoms with van der Waals surface area (Å²) in [5, 5.41) is 10.1. The molecule has 7 nitrogen and oxygen atoms in total. The van der Waals surface area contributed by atoms with E-state index in [4.69, 9.17) is 51.1 Å². The highest BCUT2D eigenvalue weighted by Crippen LogP contribution is 2.28.